The van der Waals surface area contributed by atoms with Crippen molar-refractivity contribution < 1.29 is 4.79 Å². The highest BCUT2D eigenvalue weighted by molar-refractivity contribution is 6.38. The first-order valence-electron chi connectivity index (χ1n) is 4.92. The van der Waals surface area contributed by atoms with E-state index in [0.29, 0.717) is 16.6 Å². The van der Waals surface area contributed by atoms with Gasteiger partial charge in [-0.3, -0.25) is 4.79 Å². The molecule has 2 rings (SSSR count). The SMILES string of the molecule is [B]c1ccc2cc(NC(C)=O)c([B])cc2c1. The van der Waals surface area contributed by atoms with Gasteiger partial charge < -0.3 is 5.32 Å². The van der Waals surface area contributed by atoms with E-state index in [2.05, 4.69) is 5.32 Å². The standard InChI is InChI=1S/C12H9B2NO/c1-7(16)15-12-6-8-2-3-10(13)4-9(8)5-11(12)14/h2-6H,1H3,(H,15,16). The second kappa shape index (κ2) is 4.05. The smallest absolute Gasteiger partial charge is 0.221 e. The Kier molecular flexibility index (Phi) is 2.73. The van der Waals surface area contributed by atoms with Crippen LogP contribution < -0.4 is 16.2 Å². The molecule has 1 amide bonds. The molecule has 0 aromatic heterocycles. The van der Waals surface area contributed by atoms with Gasteiger partial charge in [0.1, 0.15) is 15.7 Å². The molecule has 0 aliphatic rings. The first-order chi connectivity index (χ1) is 7.56. The summed E-state index contributed by atoms with van der Waals surface area (Å²) in [5.41, 5.74) is 1.86. The number of anilines is 1. The summed E-state index contributed by atoms with van der Waals surface area (Å²) in [4.78, 5) is 11.0. The third-order valence-corrected chi connectivity index (χ3v) is 2.34. The molecule has 4 heteroatoms. The summed E-state index contributed by atoms with van der Waals surface area (Å²) in [7, 11) is 11.5. The predicted octanol–water partition coefficient (Wildman–Crippen LogP) is 0.386. The lowest BCUT2D eigenvalue weighted by Gasteiger charge is -2.09. The van der Waals surface area contributed by atoms with Crippen molar-refractivity contribution in [2.45, 2.75) is 6.92 Å². The number of hydrogen-bond acceptors (Lipinski definition) is 1. The van der Waals surface area contributed by atoms with Gasteiger partial charge in [0.25, 0.3) is 0 Å². The van der Waals surface area contributed by atoms with Crippen molar-refractivity contribution in [3.05, 3.63) is 30.3 Å². The first-order valence-corrected chi connectivity index (χ1v) is 4.92. The van der Waals surface area contributed by atoms with Crippen molar-refractivity contribution in [2.75, 3.05) is 5.32 Å². The van der Waals surface area contributed by atoms with Crippen molar-refractivity contribution in [1.82, 2.24) is 0 Å². The van der Waals surface area contributed by atoms with Crippen molar-refractivity contribution >= 4 is 49.0 Å². The Balaban J connectivity index is 2.58. The quantitative estimate of drug-likeness (QED) is 0.670. The summed E-state index contributed by atoms with van der Waals surface area (Å²) in [6.45, 7) is 1.45. The van der Waals surface area contributed by atoms with Crippen LogP contribution in [-0.4, -0.2) is 21.6 Å². The number of amides is 1. The average Bonchev–Trinajstić information content (AvgIpc) is 2.19. The van der Waals surface area contributed by atoms with Crippen LogP contribution in [0.1, 0.15) is 6.92 Å². The summed E-state index contributed by atoms with van der Waals surface area (Å²) in [6.07, 6.45) is 0. The molecular weight excluding hydrogens is 196 g/mol. The maximum Gasteiger partial charge on any atom is 0.221 e. The van der Waals surface area contributed by atoms with Gasteiger partial charge in [-0.15, -0.1) is 0 Å². The molecule has 1 N–H and O–H groups in total. The number of carbonyl (C=O) groups is 1. The molecule has 2 aromatic carbocycles. The molecular formula is C12H9B2NO. The third-order valence-electron chi connectivity index (χ3n) is 2.34. The minimum Gasteiger partial charge on any atom is -0.327 e. The van der Waals surface area contributed by atoms with E-state index < -0.39 is 0 Å². The molecule has 0 aliphatic carbocycles. The van der Waals surface area contributed by atoms with E-state index in [1.165, 1.54) is 6.92 Å². The Morgan fingerprint density at radius 1 is 1.12 bits per heavy atom. The van der Waals surface area contributed by atoms with Crippen LogP contribution in [0.15, 0.2) is 30.3 Å². The van der Waals surface area contributed by atoms with Crippen molar-refractivity contribution in [3.8, 4) is 0 Å². The molecule has 0 saturated carbocycles. The second-order valence-electron chi connectivity index (χ2n) is 3.73. The summed E-state index contributed by atoms with van der Waals surface area (Å²) < 4.78 is 0. The maximum absolute atomic E-state index is 11.0. The molecule has 0 spiro atoms. The predicted molar refractivity (Wildman–Crippen MR) is 69.0 cm³/mol. The van der Waals surface area contributed by atoms with Gasteiger partial charge in [0.05, 0.1) is 0 Å². The van der Waals surface area contributed by atoms with Gasteiger partial charge in [-0.25, -0.2) is 0 Å². The molecule has 0 atom stereocenters. The Labute approximate surface area is 96.9 Å². The molecule has 74 valence electrons. The molecule has 4 radical (unpaired) electrons. The van der Waals surface area contributed by atoms with Gasteiger partial charge >= 0.3 is 0 Å². The van der Waals surface area contributed by atoms with E-state index in [9.17, 15) is 4.79 Å². The minimum absolute atomic E-state index is 0.138. The highest BCUT2D eigenvalue weighted by Gasteiger charge is 2.02. The van der Waals surface area contributed by atoms with E-state index in [0.717, 1.165) is 10.8 Å². The minimum atomic E-state index is -0.138. The van der Waals surface area contributed by atoms with Gasteiger partial charge in [0, 0.05) is 12.6 Å². The van der Waals surface area contributed by atoms with Gasteiger partial charge in [-0.05, 0) is 16.8 Å². The van der Waals surface area contributed by atoms with E-state index in [-0.39, 0.29) is 5.91 Å². The highest BCUT2D eigenvalue weighted by atomic mass is 16.1. The lowest BCUT2D eigenvalue weighted by Crippen LogP contribution is -2.16. The van der Waals surface area contributed by atoms with Crippen LogP contribution >= 0.6 is 0 Å². The van der Waals surface area contributed by atoms with E-state index >= 15 is 0 Å². The molecule has 0 saturated heterocycles. The molecule has 2 nitrogen and oxygen atoms in total. The van der Waals surface area contributed by atoms with Gasteiger partial charge in [-0.2, -0.15) is 0 Å². The van der Waals surface area contributed by atoms with Crippen molar-refractivity contribution in [3.63, 3.8) is 0 Å². The summed E-state index contributed by atoms with van der Waals surface area (Å²) in [6, 6.07) is 9.21. The van der Waals surface area contributed by atoms with Crippen LogP contribution in [0.5, 0.6) is 0 Å². The Morgan fingerprint density at radius 3 is 2.56 bits per heavy atom. The molecule has 0 unspecified atom stereocenters. The van der Waals surface area contributed by atoms with Crippen LogP contribution in [-0.2, 0) is 4.79 Å². The molecule has 16 heavy (non-hydrogen) atoms. The zero-order valence-electron chi connectivity index (χ0n) is 8.95. The number of benzene rings is 2. The average molecular weight is 205 g/mol. The molecule has 0 bridgehead atoms. The number of nitrogens with one attached hydrogen (secondary N) is 1. The second-order valence-corrected chi connectivity index (χ2v) is 3.73. The number of hydrogen-bond donors (Lipinski definition) is 1. The third kappa shape index (κ3) is 2.11. The first kappa shape index (κ1) is 10.8. The molecule has 0 fully saturated rings. The van der Waals surface area contributed by atoms with Crippen molar-refractivity contribution in [2.24, 2.45) is 0 Å². The van der Waals surface area contributed by atoms with E-state index in [1.807, 2.05) is 24.3 Å². The lowest BCUT2D eigenvalue weighted by atomic mass is 9.88. The van der Waals surface area contributed by atoms with E-state index in [4.69, 9.17) is 15.7 Å². The molecule has 0 heterocycles. The monoisotopic (exact) mass is 205 g/mol. The zero-order chi connectivity index (χ0) is 11.7. The fourth-order valence-corrected chi connectivity index (χ4v) is 1.63. The van der Waals surface area contributed by atoms with Crippen LogP contribution in [0.25, 0.3) is 10.8 Å². The molecule has 2 aromatic rings. The Hall–Kier alpha value is -1.70. The fraction of sp³-hybridized carbons (Fsp3) is 0.0833. The lowest BCUT2D eigenvalue weighted by molar-refractivity contribution is -0.114. The zero-order valence-corrected chi connectivity index (χ0v) is 8.95. The van der Waals surface area contributed by atoms with Crippen molar-refractivity contribution in [1.29, 1.82) is 0 Å². The number of carbonyl (C=O) groups excluding carboxylic acids is 1. The summed E-state index contributed by atoms with van der Waals surface area (Å²) >= 11 is 0. The number of rotatable bonds is 1. The van der Waals surface area contributed by atoms with Gasteiger partial charge in [-0.1, -0.05) is 35.2 Å². The van der Waals surface area contributed by atoms with Gasteiger partial charge in [0.15, 0.2) is 0 Å². The normalized spacial score (nSPS) is 10.3. The topological polar surface area (TPSA) is 29.1 Å². The van der Waals surface area contributed by atoms with Gasteiger partial charge in [0.2, 0.25) is 5.91 Å². The largest absolute Gasteiger partial charge is 0.327 e. The maximum atomic E-state index is 11.0. The van der Waals surface area contributed by atoms with E-state index in [1.54, 1.807) is 6.07 Å². The summed E-state index contributed by atoms with van der Waals surface area (Å²) in [5, 5.41) is 4.64. The van der Waals surface area contributed by atoms with Crippen LogP contribution in [0.2, 0.25) is 0 Å². The Morgan fingerprint density at radius 2 is 1.88 bits per heavy atom. The molecule has 0 aliphatic heterocycles. The summed E-state index contributed by atoms with van der Waals surface area (Å²) in [5.74, 6) is -0.138. The number of fused-ring (bicyclic) bond motifs is 1. The fourth-order valence-electron chi connectivity index (χ4n) is 1.63. The van der Waals surface area contributed by atoms with Crippen LogP contribution in [0, 0.1) is 0 Å². The van der Waals surface area contributed by atoms with Crippen LogP contribution in [0.4, 0.5) is 5.69 Å². The Bertz CT molecular complexity index is 566. The van der Waals surface area contributed by atoms with Crippen LogP contribution in [0.3, 0.4) is 0 Å². The highest BCUT2D eigenvalue weighted by Crippen LogP contribution is 2.15.